The minimum Gasteiger partial charge on any atom is -0.423 e. The molecule has 7 rings (SSSR count). The van der Waals surface area contributed by atoms with Gasteiger partial charge in [-0.25, -0.2) is 28.8 Å². The van der Waals surface area contributed by atoms with Crippen LogP contribution in [0.5, 0.6) is 11.5 Å². The number of esters is 6. The van der Waals surface area contributed by atoms with Gasteiger partial charge in [-0.1, -0.05) is 54.6 Å². The monoisotopic (exact) mass is 624 g/mol. The molecule has 0 spiro atoms. The van der Waals surface area contributed by atoms with E-state index in [2.05, 4.69) is 9.47 Å². The summed E-state index contributed by atoms with van der Waals surface area (Å²) < 4.78 is 20.8. The Bertz CT molecular complexity index is 2200. The van der Waals surface area contributed by atoms with E-state index in [0.717, 1.165) is 11.1 Å². The largest absolute Gasteiger partial charge is 0.423 e. The lowest BCUT2D eigenvalue weighted by molar-refractivity contribution is 0.0425. The second kappa shape index (κ2) is 11.4. The van der Waals surface area contributed by atoms with E-state index in [4.69, 9.17) is 9.47 Å². The highest BCUT2D eigenvalue weighted by Crippen LogP contribution is 2.40. The van der Waals surface area contributed by atoms with Gasteiger partial charge in [0.15, 0.2) is 0 Å². The van der Waals surface area contributed by atoms with Crippen molar-refractivity contribution in [1.82, 2.24) is 0 Å². The Morgan fingerprint density at radius 2 is 0.957 bits per heavy atom. The van der Waals surface area contributed by atoms with Crippen molar-refractivity contribution in [3.63, 3.8) is 0 Å². The van der Waals surface area contributed by atoms with Gasteiger partial charge < -0.3 is 18.9 Å². The number of carbonyl (C=O) groups is 6. The third-order valence-corrected chi connectivity index (χ3v) is 7.82. The van der Waals surface area contributed by atoms with E-state index in [0.29, 0.717) is 16.7 Å². The van der Waals surface area contributed by atoms with E-state index in [1.54, 1.807) is 19.1 Å². The zero-order valence-electron chi connectivity index (χ0n) is 24.4. The summed E-state index contributed by atoms with van der Waals surface area (Å²) in [6.45, 7) is 1.60. The van der Waals surface area contributed by atoms with Gasteiger partial charge in [-0.3, -0.25) is 0 Å². The molecule has 0 bridgehead atoms. The molecule has 0 N–H and O–H groups in total. The van der Waals surface area contributed by atoms with E-state index in [1.807, 2.05) is 54.6 Å². The molecule has 0 saturated heterocycles. The topological polar surface area (TPSA) is 139 Å². The summed E-state index contributed by atoms with van der Waals surface area (Å²) in [5.74, 6) is -4.86. The molecule has 10 heteroatoms. The van der Waals surface area contributed by atoms with Gasteiger partial charge in [0.05, 0.1) is 33.4 Å². The Morgan fingerprint density at radius 1 is 0.489 bits per heavy atom. The Kier molecular flexibility index (Phi) is 7.02. The van der Waals surface area contributed by atoms with Crippen LogP contribution in [0.25, 0.3) is 22.3 Å². The summed E-state index contributed by atoms with van der Waals surface area (Å²) in [4.78, 5) is 74.4. The number of rotatable bonds is 6. The fourth-order valence-electron chi connectivity index (χ4n) is 5.35. The molecular weight excluding hydrogens is 604 g/mol. The first-order valence-electron chi connectivity index (χ1n) is 14.2. The quantitative estimate of drug-likeness (QED) is 0.119. The highest BCUT2D eigenvalue weighted by Gasteiger charge is 2.32. The van der Waals surface area contributed by atoms with E-state index in [9.17, 15) is 28.8 Å². The van der Waals surface area contributed by atoms with Gasteiger partial charge in [0.25, 0.3) is 0 Å². The first-order chi connectivity index (χ1) is 22.7. The highest BCUT2D eigenvalue weighted by molar-refractivity contribution is 6.16. The van der Waals surface area contributed by atoms with Gasteiger partial charge in [0.2, 0.25) is 0 Å². The van der Waals surface area contributed by atoms with Crippen LogP contribution in [0.1, 0.15) is 67.7 Å². The van der Waals surface area contributed by atoms with Crippen molar-refractivity contribution >= 4 is 35.8 Å². The molecule has 0 radical (unpaired) electrons. The molecule has 0 fully saturated rings. The lowest BCUT2D eigenvalue weighted by Gasteiger charge is -2.17. The maximum atomic E-state index is 13.5. The van der Waals surface area contributed by atoms with E-state index >= 15 is 0 Å². The minimum atomic E-state index is -0.867. The van der Waals surface area contributed by atoms with Gasteiger partial charge in [-0.05, 0) is 72.1 Å². The van der Waals surface area contributed by atoms with Crippen LogP contribution in [0.3, 0.4) is 0 Å². The van der Waals surface area contributed by atoms with Gasteiger partial charge in [0.1, 0.15) is 11.5 Å². The van der Waals surface area contributed by atoms with E-state index in [1.165, 1.54) is 36.4 Å². The smallest absolute Gasteiger partial charge is 0.346 e. The molecule has 2 aliphatic rings. The van der Waals surface area contributed by atoms with Crippen LogP contribution in [0, 0.1) is 6.92 Å². The number of cyclic esters (lactones) is 4. The van der Waals surface area contributed by atoms with Gasteiger partial charge in [-0.2, -0.15) is 0 Å². The molecule has 0 atom stereocenters. The average molecular weight is 625 g/mol. The molecule has 228 valence electrons. The Hall–Kier alpha value is -6.68. The Labute approximate surface area is 266 Å². The summed E-state index contributed by atoms with van der Waals surface area (Å²) >= 11 is 0. The molecule has 5 aromatic carbocycles. The van der Waals surface area contributed by atoms with Crippen LogP contribution in [0.4, 0.5) is 0 Å². The molecule has 5 aromatic rings. The van der Waals surface area contributed by atoms with Crippen LogP contribution >= 0.6 is 0 Å². The standard InChI is InChI=1S/C37H20O10/c1-19-30(44-32(38)23-11-13-26-28(17-23)36(42)46-34(26)40)16-15-25(22-9-7-21(8-10-22)20-5-3-2-4-6-20)31(19)45-33(39)24-12-14-27-29(18-24)37(43)47-35(27)41/h2-18H,1H3. The first kappa shape index (κ1) is 29.1. The average Bonchev–Trinajstić information content (AvgIpc) is 3.54. The molecule has 0 aliphatic carbocycles. The van der Waals surface area contributed by atoms with Crippen molar-refractivity contribution in [3.8, 4) is 33.8 Å². The maximum absolute atomic E-state index is 13.5. The minimum absolute atomic E-state index is 0.00602. The number of hydrogen-bond donors (Lipinski definition) is 0. The predicted octanol–water partition coefficient (Wildman–Crippen LogP) is 6.39. The number of benzene rings is 5. The van der Waals surface area contributed by atoms with Crippen molar-refractivity contribution in [1.29, 1.82) is 0 Å². The van der Waals surface area contributed by atoms with Gasteiger partial charge in [-0.15, -0.1) is 0 Å². The third kappa shape index (κ3) is 5.23. The van der Waals surface area contributed by atoms with Gasteiger partial charge >= 0.3 is 35.8 Å². The zero-order valence-corrected chi connectivity index (χ0v) is 24.4. The molecular formula is C37H20O10. The second-order valence-corrected chi connectivity index (χ2v) is 10.7. The van der Waals surface area contributed by atoms with Crippen molar-refractivity contribution in [2.75, 3.05) is 0 Å². The fraction of sp³-hybridized carbons (Fsp3) is 0.0270. The first-order valence-corrected chi connectivity index (χ1v) is 14.2. The molecule has 0 saturated carbocycles. The number of carbonyl (C=O) groups excluding carboxylic acids is 6. The summed E-state index contributed by atoms with van der Waals surface area (Å²) in [6.07, 6.45) is 0. The summed E-state index contributed by atoms with van der Waals surface area (Å²) in [6, 6.07) is 28.3. The van der Waals surface area contributed by atoms with Crippen LogP contribution < -0.4 is 9.47 Å². The van der Waals surface area contributed by atoms with E-state index < -0.39 is 35.8 Å². The van der Waals surface area contributed by atoms with Crippen LogP contribution in [0.15, 0.2) is 103 Å². The lowest BCUT2D eigenvalue weighted by Crippen LogP contribution is -2.13. The second-order valence-electron chi connectivity index (χ2n) is 10.7. The fourth-order valence-corrected chi connectivity index (χ4v) is 5.35. The lowest BCUT2D eigenvalue weighted by atomic mass is 9.98. The van der Waals surface area contributed by atoms with Crippen molar-refractivity contribution in [2.24, 2.45) is 0 Å². The van der Waals surface area contributed by atoms with Gasteiger partial charge in [0, 0.05) is 11.1 Å². The molecule has 2 heterocycles. The number of ether oxygens (including phenoxy) is 4. The molecule has 10 nitrogen and oxygen atoms in total. The molecule has 0 unspecified atom stereocenters. The molecule has 0 amide bonds. The van der Waals surface area contributed by atoms with Crippen molar-refractivity contribution in [3.05, 3.63) is 142 Å². The molecule has 2 aliphatic heterocycles. The van der Waals surface area contributed by atoms with Crippen LogP contribution in [0.2, 0.25) is 0 Å². The summed E-state index contributed by atoms with van der Waals surface area (Å²) in [5.41, 5.74) is 3.44. The zero-order chi connectivity index (χ0) is 32.8. The highest BCUT2D eigenvalue weighted by atomic mass is 16.6. The Balaban J connectivity index is 1.25. The Morgan fingerprint density at radius 3 is 1.53 bits per heavy atom. The molecule has 47 heavy (non-hydrogen) atoms. The third-order valence-electron chi connectivity index (χ3n) is 7.82. The van der Waals surface area contributed by atoms with Crippen molar-refractivity contribution < 1.29 is 47.7 Å². The SMILES string of the molecule is Cc1c(OC(=O)c2ccc3c(c2)C(=O)OC3=O)ccc(-c2ccc(-c3ccccc3)cc2)c1OC(=O)c1ccc2c(c1)C(=O)OC2=O. The normalized spacial score (nSPS) is 13.0. The summed E-state index contributed by atoms with van der Waals surface area (Å²) in [5, 5.41) is 0. The number of fused-ring (bicyclic) bond motifs is 2. The van der Waals surface area contributed by atoms with E-state index in [-0.39, 0.29) is 44.9 Å². The van der Waals surface area contributed by atoms with Crippen LogP contribution in [-0.2, 0) is 9.47 Å². The van der Waals surface area contributed by atoms with Crippen molar-refractivity contribution in [2.45, 2.75) is 6.92 Å². The molecule has 0 aromatic heterocycles. The maximum Gasteiger partial charge on any atom is 0.346 e. The predicted molar refractivity (Wildman–Crippen MR) is 164 cm³/mol. The van der Waals surface area contributed by atoms with Crippen LogP contribution in [-0.4, -0.2) is 35.8 Å². The number of hydrogen-bond acceptors (Lipinski definition) is 10. The summed E-state index contributed by atoms with van der Waals surface area (Å²) in [7, 11) is 0.